The van der Waals surface area contributed by atoms with Gasteiger partial charge in [0.05, 0.1) is 11.9 Å². The molecule has 0 saturated heterocycles. The van der Waals surface area contributed by atoms with E-state index >= 15 is 0 Å². The lowest BCUT2D eigenvalue weighted by molar-refractivity contribution is 0.471. The normalized spacial score (nSPS) is 10.6. The molecule has 0 aliphatic heterocycles. The second-order valence-electron chi connectivity index (χ2n) is 3.77. The van der Waals surface area contributed by atoms with Gasteiger partial charge in [0, 0.05) is 26.6 Å². The molecule has 0 atom stereocenters. The molecule has 2 N–H and O–H groups in total. The molecule has 2 heterocycles. The lowest BCUT2D eigenvalue weighted by atomic mass is 10.3. The number of nitrogens with zero attached hydrogens (tertiary/aromatic N) is 4. The van der Waals surface area contributed by atoms with Crippen LogP contribution >= 0.6 is 0 Å². The van der Waals surface area contributed by atoms with E-state index in [9.17, 15) is 0 Å². The first-order chi connectivity index (χ1) is 8.24. The van der Waals surface area contributed by atoms with E-state index in [0.717, 1.165) is 24.5 Å². The van der Waals surface area contributed by atoms with Crippen LogP contribution in [-0.4, -0.2) is 31.4 Å². The van der Waals surface area contributed by atoms with E-state index in [2.05, 4.69) is 20.4 Å². The Morgan fingerprint density at radius 3 is 2.88 bits per heavy atom. The summed E-state index contributed by atoms with van der Waals surface area (Å²) in [5.74, 6) is 1.02. The maximum absolute atomic E-state index is 9.08. The molecule has 0 unspecified atom stereocenters. The smallest absolute Gasteiger partial charge is 0.151 e. The van der Waals surface area contributed by atoms with E-state index in [1.165, 1.54) is 6.20 Å². The predicted molar refractivity (Wildman–Crippen MR) is 62.3 cm³/mol. The summed E-state index contributed by atoms with van der Waals surface area (Å²) in [4.78, 5) is 8.21. The van der Waals surface area contributed by atoms with Crippen LogP contribution in [0.2, 0.25) is 0 Å². The van der Waals surface area contributed by atoms with Gasteiger partial charge in [-0.2, -0.15) is 5.10 Å². The molecule has 0 bridgehead atoms. The third-order valence-electron chi connectivity index (χ3n) is 2.29. The molecule has 0 saturated carbocycles. The van der Waals surface area contributed by atoms with Gasteiger partial charge >= 0.3 is 0 Å². The van der Waals surface area contributed by atoms with Gasteiger partial charge in [-0.1, -0.05) is 0 Å². The van der Waals surface area contributed by atoms with Crippen molar-refractivity contribution in [3.63, 3.8) is 0 Å². The van der Waals surface area contributed by atoms with Crippen LogP contribution in [0.5, 0.6) is 5.75 Å². The van der Waals surface area contributed by atoms with Crippen molar-refractivity contribution in [2.75, 3.05) is 6.54 Å². The highest BCUT2D eigenvalue weighted by Gasteiger charge is 1.99. The molecule has 2 aromatic rings. The number of nitrogens with one attached hydrogen (secondary N) is 1. The van der Waals surface area contributed by atoms with Crippen LogP contribution in [-0.2, 0) is 20.0 Å². The number of pyridine rings is 1. The second kappa shape index (κ2) is 5.40. The van der Waals surface area contributed by atoms with Gasteiger partial charge in [0.15, 0.2) is 5.82 Å². The van der Waals surface area contributed by atoms with Crippen molar-refractivity contribution in [1.82, 2.24) is 25.1 Å². The van der Waals surface area contributed by atoms with Crippen LogP contribution < -0.4 is 5.32 Å². The molecule has 0 aromatic carbocycles. The Hall–Kier alpha value is -1.95. The Bertz CT molecular complexity index is 465. The molecule has 0 aliphatic rings. The number of aromatic hydroxyl groups is 1. The first-order valence-corrected chi connectivity index (χ1v) is 5.43. The quantitative estimate of drug-likeness (QED) is 0.724. The van der Waals surface area contributed by atoms with E-state index in [-0.39, 0.29) is 5.75 Å². The van der Waals surface area contributed by atoms with Gasteiger partial charge in [-0.05, 0) is 12.1 Å². The number of hydrogen-bond acceptors (Lipinski definition) is 5. The fourth-order valence-corrected chi connectivity index (χ4v) is 1.44. The molecule has 0 radical (unpaired) electrons. The highest BCUT2D eigenvalue weighted by Crippen LogP contribution is 2.05. The molecular formula is C11H15N5O. The predicted octanol–water partition coefficient (Wildman–Crippen LogP) is 0.248. The zero-order valence-corrected chi connectivity index (χ0v) is 9.67. The van der Waals surface area contributed by atoms with Crippen molar-refractivity contribution < 1.29 is 5.11 Å². The minimum atomic E-state index is 0.187. The molecule has 0 fully saturated rings. The van der Waals surface area contributed by atoms with Crippen LogP contribution in [0.1, 0.15) is 11.5 Å². The minimum absolute atomic E-state index is 0.187. The molecule has 0 spiro atoms. The maximum Gasteiger partial charge on any atom is 0.151 e. The summed E-state index contributed by atoms with van der Waals surface area (Å²) in [6.07, 6.45) is 3.92. The molecule has 2 rings (SSSR count). The molecule has 0 amide bonds. The highest BCUT2D eigenvalue weighted by molar-refractivity contribution is 5.17. The lowest BCUT2D eigenvalue weighted by Gasteiger charge is -2.02. The van der Waals surface area contributed by atoms with E-state index in [1.54, 1.807) is 23.1 Å². The summed E-state index contributed by atoms with van der Waals surface area (Å²) >= 11 is 0. The zero-order chi connectivity index (χ0) is 12.1. The topological polar surface area (TPSA) is 75.9 Å². The Balaban J connectivity index is 1.71. The van der Waals surface area contributed by atoms with Crippen LogP contribution in [0, 0.1) is 0 Å². The Morgan fingerprint density at radius 2 is 2.24 bits per heavy atom. The number of hydrogen-bond donors (Lipinski definition) is 2. The van der Waals surface area contributed by atoms with Crippen molar-refractivity contribution >= 4 is 0 Å². The average molecular weight is 233 g/mol. The third kappa shape index (κ3) is 3.53. The minimum Gasteiger partial charge on any atom is -0.506 e. The van der Waals surface area contributed by atoms with Crippen LogP contribution in [0.3, 0.4) is 0 Å². The molecule has 6 heteroatoms. The Morgan fingerprint density at radius 1 is 1.35 bits per heavy atom. The zero-order valence-electron chi connectivity index (χ0n) is 9.67. The average Bonchev–Trinajstić information content (AvgIpc) is 2.73. The van der Waals surface area contributed by atoms with E-state index in [0.29, 0.717) is 6.54 Å². The summed E-state index contributed by atoms with van der Waals surface area (Å²) in [5.41, 5.74) is 0.900. The van der Waals surface area contributed by atoms with Gasteiger partial charge in [0.25, 0.3) is 0 Å². The number of aryl methyl sites for hydroxylation is 1. The van der Waals surface area contributed by atoms with Crippen molar-refractivity contribution in [2.24, 2.45) is 7.05 Å². The lowest BCUT2D eigenvalue weighted by Crippen LogP contribution is -2.17. The Labute approximate surface area is 99.3 Å². The summed E-state index contributed by atoms with van der Waals surface area (Å²) in [7, 11) is 1.85. The van der Waals surface area contributed by atoms with Crippen molar-refractivity contribution in [3.05, 3.63) is 36.2 Å². The summed E-state index contributed by atoms with van der Waals surface area (Å²) in [5, 5.41) is 16.5. The molecule has 0 aliphatic carbocycles. The summed E-state index contributed by atoms with van der Waals surface area (Å²) < 4.78 is 1.69. The van der Waals surface area contributed by atoms with Gasteiger partial charge in [-0.25, -0.2) is 4.98 Å². The molecular weight excluding hydrogens is 218 g/mol. The number of aromatic nitrogens is 4. The van der Waals surface area contributed by atoms with Crippen LogP contribution in [0.15, 0.2) is 24.7 Å². The fourth-order valence-electron chi connectivity index (χ4n) is 1.44. The summed E-state index contributed by atoms with van der Waals surface area (Å²) in [6, 6.07) is 3.42. The Kier molecular flexibility index (Phi) is 3.66. The summed E-state index contributed by atoms with van der Waals surface area (Å²) in [6.45, 7) is 1.47. The first-order valence-electron chi connectivity index (χ1n) is 5.43. The van der Waals surface area contributed by atoms with Crippen molar-refractivity contribution in [2.45, 2.75) is 13.0 Å². The van der Waals surface area contributed by atoms with Crippen LogP contribution in [0.4, 0.5) is 0 Å². The number of rotatable bonds is 5. The van der Waals surface area contributed by atoms with E-state index in [1.807, 2.05) is 7.05 Å². The van der Waals surface area contributed by atoms with Gasteiger partial charge in [0.2, 0.25) is 0 Å². The van der Waals surface area contributed by atoms with E-state index in [4.69, 9.17) is 5.11 Å². The van der Waals surface area contributed by atoms with E-state index < -0.39 is 0 Å². The SMILES string of the molecule is Cn1cnc(CCNCc2ccc(O)cn2)n1. The molecule has 2 aromatic heterocycles. The second-order valence-corrected chi connectivity index (χ2v) is 3.77. The monoisotopic (exact) mass is 233 g/mol. The van der Waals surface area contributed by atoms with Gasteiger partial charge in [0.1, 0.15) is 12.1 Å². The standard InChI is InChI=1S/C11H15N5O/c1-16-8-14-11(15-16)4-5-12-6-9-2-3-10(17)7-13-9/h2-3,7-8,12,17H,4-6H2,1H3. The molecule has 17 heavy (non-hydrogen) atoms. The van der Waals surface area contributed by atoms with Gasteiger partial charge < -0.3 is 10.4 Å². The van der Waals surface area contributed by atoms with Gasteiger partial charge in [-0.15, -0.1) is 0 Å². The first kappa shape index (κ1) is 11.5. The molecule has 6 nitrogen and oxygen atoms in total. The highest BCUT2D eigenvalue weighted by atomic mass is 16.3. The van der Waals surface area contributed by atoms with Gasteiger partial charge in [-0.3, -0.25) is 9.67 Å². The van der Waals surface area contributed by atoms with Crippen LogP contribution in [0.25, 0.3) is 0 Å². The largest absolute Gasteiger partial charge is 0.506 e. The fraction of sp³-hybridized carbons (Fsp3) is 0.364. The van der Waals surface area contributed by atoms with Crippen molar-refractivity contribution in [1.29, 1.82) is 0 Å². The maximum atomic E-state index is 9.08. The molecule has 90 valence electrons. The van der Waals surface area contributed by atoms with Crippen molar-refractivity contribution in [3.8, 4) is 5.75 Å². The third-order valence-corrected chi connectivity index (χ3v) is 2.29.